The summed E-state index contributed by atoms with van der Waals surface area (Å²) in [7, 11) is 0. The molecule has 6 rings (SSSR count). The van der Waals surface area contributed by atoms with Crippen LogP contribution in [-0.4, -0.2) is 43.6 Å². The van der Waals surface area contributed by atoms with E-state index in [2.05, 4.69) is 4.98 Å². The van der Waals surface area contributed by atoms with Gasteiger partial charge in [-0.15, -0.1) is 0 Å². The zero-order chi connectivity index (χ0) is 24.9. The predicted octanol–water partition coefficient (Wildman–Crippen LogP) is 3.96. The lowest BCUT2D eigenvalue weighted by Gasteiger charge is -2.32. The Balaban J connectivity index is 1.34. The first kappa shape index (κ1) is 22.2. The van der Waals surface area contributed by atoms with Crippen LogP contribution in [0, 0.1) is 6.92 Å². The van der Waals surface area contributed by atoms with Crippen molar-refractivity contribution in [3.63, 3.8) is 0 Å². The van der Waals surface area contributed by atoms with E-state index in [0.717, 1.165) is 17.8 Å². The second-order valence-electron chi connectivity index (χ2n) is 9.63. The first-order valence-corrected chi connectivity index (χ1v) is 11.5. The van der Waals surface area contributed by atoms with E-state index < -0.39 is 22.8 Å². The molecule has 4 heterocycles. The van der Waals surface area contributed by atoms with E-state index in [0.29, 0.717) is 17.7 Å². The van der Waals surface area contributed by atoms with Crippen LogP contribution in [0.3, 0.4) is 0 Å². The van der Waals surface area contributed by atoms with Gasteiger partial charge in [0.2, 0.25) is 0 Å². The molecule has 1 fully saturated rings. The molecule has 1 saturated carbocycles. The summed E-state index contributed by atoms with van der Waals surface area (Å²) in [5.41, 5.74) is -0.930. The summed E-state index contributed by atoms with van der Waals surface area (Å²) in [5, 5.41) is -0.0910. The van der Waals surface area contributed by atoms with Gasteiger partial charge in [0, 0.05) is 37.8 Å². The molecule has 0 bridgehead atoms. The van der Waals surface area contributed by atoms with Crippen LogP contribution in [0.2, 0.25) is 5.02 Å². The average molecular weight is 505 g/mol. The summed E-state index contributed by atoms with van der Waals surface area (Å²) >= 11 is 6.16. The topological polar surface area (TPSA) is 69.4 Å². The molecule has 2 atom stereocenters. The number of hydrogen-bond donors (Lipinski definition) is 0. The minimum atomic E-state index is -4.56. The molecule has 1 aliphatic carbocycles. The van der Waals surface area contributed by atoms with Gasteiger partial charge in [0.25, 0.3) is 11.5 Å². The maximum absolute atomic E-state index is 13.5. The number of amides is 1. The van der Waals surface area contributed by atoms with E-state index in [9.17, 15) is 22.8 Å². The number of halogens is 4. The van der Waals surface area contributed by atoms with Gasteiger partial charge in [-0.25, -0.2) is 4.98 Å². The van der Waals surface area contributed by atoms with Crippen molar-refractivity contribution in [3.05, 3.63) is 74.7 Å². The molecule has 0 saturated heterocycles. The zero-order valence-corrected chi connectivity index (χ0v) is 19.6. The third-order valence-electron chi connectivity index (χ3n) is 7.44. The third-order valence-corrected chi connectivity index (χ3v) is 7.73. The van der Waals surface area contributed by atoms with Crippen molar-refractivity contribution in [3.8, 4) is 11.4 Å². The molecule has 11 heteroatoms. The molecule has 3 aliphatic rings. The van der Waals surface area contributed by atoms with Gasteiger partial charge in [0.1, 0.15) is 22.7 Å². The highest BCUT2D eigenvalue weighted by Gasteiger charge is 2.73. The Kier molecular flexibility index (Phi) is 4.38. The van der Waals surface area contributed by atoms with Crippen molar-refractivity contribution in [2.45, 2.75) is 44.0 Å². The Morgan fingerprint density at radius 2 is 1.97 bits per heavy atom. The van der Waals surface area contributed by atoms with Gasteiger partial charge in [-0.2, -0.15) is 13.2 Å². The van der Waals surface area contributed by atoms with E-state index in [4.69, 9.17) is 16.3 Å². The summed E-state index contributed by atoms with van der Waals surface area (Å²) in [4.78, 5) is 32.2. The second kappa shape index (κ2) is 6.90. The SMILES string of the molecule is Cc1cn(-c2ccc3n(c2=O)CCN(CC24CC2(C)Oc2c(Cl)cc(C(F)(F)F)cc24)C3=O)cn1. The number of alkyl halides is 3. The maximum atomic E-state index is 13.5. The number of hydrogen-bond acceptors (Lipinski definition) is 4. The summed E-state index contributed by atoms with van der Waals surface area (Å²) in [6.45, 7) is 4.32. The van der Waals surface area contributed by atoms with Crippen LogP contribution in [-0.2, 0) is 18.1 Å². The normalized spacial score (nSPS) is 24.6. The highest BCUT2D eigenvalue weighted by Crippen LogP contribution is 2.68. The molecule has 0 spiro atoms. The van der Waals surface area contributed by atoms with E-state index in [1.54, 1.807) is 34.1 Å². The third kappa shape index (κ3) is 3.08. The number of carbonyl (C=O) groups excluding carboxylic acids is 1. The molecule has 2 aromatic heterocycles. The number of aryl methyl sites for hydroxylation is 1. The summed E-state index contributed by atoms with van der Waals surface area (Å²) in [6.07, 6.45) is -0.813. The van der Waals surface area contributed by atoms with Gasteiger partial charge >= 0.3 is 6.18 Å². The van der Waals surface area contributed by atoms with Crippen molar-refractivity contribution in [1.29, 1.82) is 0 Å². The fourth-order valence-electron chi connectivity index (χ4n) is 5.48. The molecule has 3 aromatic rings. The standard InChI is InChI=1S/C24H20ClF3N4O3/c1-13-9-31(12-29-13)17-3-4-18-20(33)30(5-6-32(18)21(17)34)11-23-10-22(23,2)35-19-15(23)7-14(8-16(19)25)24(26,27)28/h3-4,7-9,12H,5-6,10-11H2,1-2H3. The van der Waals surface area contributed by atoms with E-state index in [1.165, 1.54) is 4.57 Å². The van der Waals surface area contributed by atoms with Gasteiger partial charge in [-0.3, -0.25) is 9.59 Å². The molecule has 0 radical (unpaired) electrons. The molecule has 182 valence electrons. The molecular formula is C24H20ClF3N4O3. The fourth-order valence-corrected chi connectivity index (χ4v) is 5.74. The first-order chi connectivity index (χ1) is 16.4. The lowest BCUT2D eigenvalue weighted by Crippen LogP contribution is -2.48. The predicted molar refractivity (Wildman–Crippen MR) is 120 cm³/mol. The van der Waals surface area contributed by atoms with Crippen molar-refractivity contribution >= 4 is 17.5 Å². The largest absolute Gasteiger partial charge is 0.485 e. The number of aromatic nitrogens is 3. The van der Waals surface area contributed by atoms with Crippen LogP contribution in [0.1, 0.15) is 40.7 Å². The highest BCUT2D eigenvalue weighted by molar-refractivity contribution is 6.32. The van der Waals surface area contributed by atoms with Crippen molar-refractivity contribution in [2.75, 3.05) is 13.1 Å². The zero-order valence-electron chi connectivity index (χ0n) is 18.8. The smallest absolute Gasteiger partial charge is 0.416 e. The highest BCUT2D eigenvalue weighted by atomic mass is 35.5. The van der Waals surface area contributed by atoms with Crippen LogP contribution < -0.4 is 10.3 Å². The number of fused-ring (bicyclic) bond motifs is 4. The Labute approximate surface area is 202 Å². The minimum absolute atomic E-state index is 0.0910. The maximum Gasteiger partial charge on any atom is 0.416 e. The van der Waals surface area contributed by atoms with Gasteiger partial charge in [-0.1, -0.05) is 11.6 Å². The fraction of sp³-hybridized carbons (Fsp3) is 0.375. The van der Waals surface area contributed by atoms with E-state index >= 15 is 0 Å². The lowest BCUT2D eigenvalue weighted by atomic mass is 9.91. The van der Waals surface area contributed by atoms with Crippen molar-refractivity contribution in [1.82, 2.24) is 19.0 Å². The van der Waals surface area contributed by atoms with Gasteiger partial charge < -0.3 is 18.8 Å². The van der Waals surface area contributed by atoms with Crippen LogP contribution in [0.15, 0.2) is 41.6 Å². The molecule has 35 heavy (non-hydrogen) atoms. The quantitative estimate of drug-likeness (QED) is 0.541. The average Bonchev–Trinajstić information content (AvgIpc) is 3.03. The van der Waals surface area contributed by atoms with Crippen LogP contribution in [0.4, 0.5) is 13.2 Å². The molecular weight excluding hydrogens is 485 g/mol. The first-order valence-electron chi connectivity index (χ1n) is 11.1. The number of rotatable bonds is 3. The number of imidazole rings is 1. The minimum Gasteiger partial charge on any atom is -0.485 e. The van der Waals surface area contributed by atoms with Crippen molar-refractivity contribution in [2.24, 2.45) is 0 Å². The molecule has 1 aromatic carbocycles. The molecule has 7 nitrogen and oxygen atoms in total. The lowest BCUT2D eigenvalue weighted by molar-refractivity contribution is -0.137. The monoisotopic (exact) mass is 504 g/mol. The number of nitrogens with zero attached hydrogens (tertiary/aromatic N) is 4. The molecule has 0 N–H and O–H groups in total. The van der Waals surface area contributed by atoms with Gasteiger partial charge in [0.15, 0.2) is 0 Å². The number of carbonyl (C=O) groups is 1. The Hall–Kier alpha value is -3.27. The summed E-state index contributed by atoms with van der Waals surface area (Å²) < 4.78 is 49.5. The van der Waals surface area contributed by atoms with Gasteiger partial charge in [-0.05, 0) is 38.1 Å². The van der Waals surface area contributed by atoms with Crippen molar-refractivity contribution < 1.29 is 22.7 Å². The van der Waals surface area contributed by atoms with E-state index in [1.807, 2.05) is 13.8 Å². The van der Waals surface area contributed by atoms with Crippen LogP contribution in [0.5, 0.6) is 5.75 Å². The summed E-state index contributed by atoms with van der Waals surface area (Å²) in [6, 6.07) is 5.14. The molecule has 2 aliphatic heterocycles. The Morgan fingerprint density at radius 3 is 2.66 bits per heavy atom. The van der Waals surface area contributed by atoms with Crippen LogP contribution in [0.25, 0.3) is 5.69 Å². The number of benzene rings is 1. The number of ether oxygens (including phenoxy) is 1. The molecule has 1 amide bonds. The van der Waals surface area contributed by atoms with E-state index in [-0.39, 0.29) is 47.6 Å². The molecule has 2 unspecified atom stereocenters. The summed E-state index contributed by atoms with van der Waals surface area (Å²) in [5.74, 6) is -0.105. The Bertz CT molecular complexity index is 1480. The van der Waals surface area contributed by atoms with Gasteiger partial charge in [0.05, 0.1) is 28.0 Å². The Morgan fingerprint density at radius 1 is 1.20 bits per heavy atom. The second-order valence-corrected chi connectivity index (χ2v) is 10.0. The number of pyridine rings is 1. The van der Waals surface area contributed by atoms with Crippen LogP contribution >= 0.6 is 11.6 Å².